The van der Waals surface area contributed by atoms with Crippen LogP contribution in [-0.2, 0) is 21.0 Å². The van der Waals surface area contributed by atoms with E-state index in [0.717, 1.165) is 23.5 Å². The quantitative estimate of drug-likeness (QED) is 0.348. The Balaban J connectivity index is 1.65. The van der Waals surface area contributed by atoms with Gasteiger partial charge in [0.2, 0.25) is 5.12 Å². The minimum absolute atomic E-state index is 0.158. The summed E-state index contributed by atoms with van der Waals surface area (Å²) in [4.78, 5) is 47.3. The molecule has 2 atom stereocenters. The van der Waals surface area contributed by atoms with Crippen molar-refractivity contribution in [2.75, 3.05) is 6.54 Å². The molecule has 1 aliphatic rings. The minimum Gasteiger partial charge on any atom is -0.444 e. The van der Waals surface area contributed by atoms with Crippen molar-refractivity contribution in [3.8, 4) is 0 Å². The van der Waals surface area contributed by atoms with Crippen LogP contribution in [0, 0.1) is 10.1 Å². The number of hydrogen-bond acceptors (Lipinski definition) is 9. The summed E-state index contributed by atoms with van der Waals surface area (Å²) in [6.07, 6.45) is 1.53. The monoisotopic (exact) mass is 488 g/mol. The van der Waals surface area contributed by atoms with E-state index in [-0.39, 0.29) is 23.4 Å². The number of amides is 1. The van der Waals surface area contributed by atoms with Gasteiger partial charge in [-0.2, -0.15) is 5.48 Å². The van der Waals surface area contributed by atoms with Crippen molar-refractivity contribution in [1.82, 2.24) is 15.4 Å². The number of nitrogens with one attached hydrogen (secondary N) is 1. The average Bonchev–Trinajstić information content (AvgIpc) is 2.79. The number of likely N-dealkylation sites (tertiary alicyclic amines) is 1. The standard InChI is InChI=1S/C23H28N4O6S/c1-23(2,3)33-22(29)26-14-17(25-32-15-16-7-5-4-6-8-16)9-11-19(26)21(28)34-20-12-10-18(13-24-20)27(30)31/h4-8,10,12-13,17,19,25H,9,11,14-15H2,1-3H3/t17-,19+/m1/s1. The van der Waals surface area contributed by atoms with Crippen molar-refractivity contribution in [2.24, 2.45) is 0 Å². The predicted octanol–water partition coefficient (Wildman–Crippen LogP) is 4.10. The van der Waals surface area contributed by atoms with Crippen molar-refractivity contribution in [1.29, 1.82) is 0 Å². The van der Waals surface area contributed by atoms with Crippen molar-refractivity contribution in [3.63, 3.8) is 0 Å². The first-order chi connectivity index (χ1) is 16.1. The van der Waals surface area contributed by atoms with E-state index in [2.05, 4.69) is 10.5 Å². The lowest BCUT2D eigenvalue weighted by Crippen LogP contribution is -2.55. The van der Waals surface area contributed by atoms with Crippen LogP contribution >= 0.6 is 11.8 Å². The summed E-state index contributed by atoms with van der Waals surface area (Å²) in [6, 6.07) is 11.5. The molecule has 1 saturated heterocycles. The second-order valence-corrected chi connectivity index (χ2v) is 9.87. The fraction of sp³-hybridized carbons (Fsp3) is 0.435. The van der Waals surface area contributed by atoms with E-state index >= 15 is 0 Å². The zero-order chi connectivity index (χ0) is 24.7. The summed E-state index contributed by atoms with van der Waals surface area (Å²) >= 11 is 0.852. The van der Waals surface area contributed by atoms with Crippen molar-refractivity contribution in [2.45, 2.75) is 62.9 Å². The van der Waals surface area contributed by atoms with E-state index in [0.29, 0.717) is 24.5 Å². The van der Waals surface area contributed by atoms with Crippen LogP contribution in [0.5, 0.6) is 0 Å². The lowest BCUT2D eigenvalue weighted by atomic mass is 10.00. The molecule has 0 unspecified atom stereocenters. The highest BCUT2D eigenvalue weighted by atomic mass is 32.2. The molecule has 0 spiro atoms. The number of aromatic nitrogens is 1. The third-order valence-electron chi connectivity index (χ3n) is 4.95. The molecule has 0 bridgehead atoms. The van der Waals surface area contributed by atoms with E-state index in [1.54, 1.807) is 20.8 Å². The van der Waals surface area contributed by atoms with Crippen LogP contribution in [0.3, 0.4) is 0 Å². The van der Waals surface area contributed by atoms with Gasteiger partial charge < -0.3 is 4.74 Å². The molecule has 1 fully saturated rings. The molecule has 1 aromatic heterocycles. The Bertz CT molecular complexity index is 997. The lowest BCUT2D eigenvalue weighted by molar-refractivity contribution is -0.385. The number of nitro groups is 1. The van der Waals surface area contributed by atoms with Gasteiger partial charge in [-0.05, 0) is 57.0 Å². The Morgan fingerprint density at radius 3 is 2.56 bits per heavy atom. The number of hydroxylamine groups is 1. The van der Waals surface area contributed by atoms with Gasteiger partial charge in [0.15, 0.2) is 0 Å². The van der Waals surface area contributed by atoms with Gasteiger partial charge in [0.1, 0.15) is 22.9 Å². The number of benzene rings is 1. The molecule has 0 radical (unpaired) electrons. The highest BCUT2D eigenvalue weighted by Crippen LogP contribution is 2.28. The number of rotatable bonds is 7. The molecular formula is C23H28N4O6S. The van der Waals surface area contributed by atoms with Crippen LogP contribution in [-0.4, -0.2) is 50.2 Å². The predicted molar refractivity (Wildman–Crippen MR) is 126 cm³/mol. The first-order valence-electron chi connectivity index (χ1n) is 10.9. The third-order valence-corrected chi connectivity index (χ3v) is 5.87. The molecule has 11 heteroatoms. The Morgan fingerprint density at radius 1 is 1.21 bits per heavy atom. The van der Waals surface area contributed by atoms with Gasteiger partial charge in [-0.1, -0.05) is 30.3 Å². The normalized spacial score (nSPS) is 18.4. The van der Waals surface area contributed by atoms with Crippen LogP contribution in [0.15, 0.2) is 53.7 Å². The van der Waals surface area contributed by atoms with Gasteiger partial charge >= 0.3 is 6.09 Å². The van der Waals surface area contributed by atoms with Gasteiger partial charge in [-0.3, -0.25) is 24.6 Å². The number of thioether (sulfide) groups is 1. The molecule has 34 heavy (non-hydrogen) atoms. The Kier molecular flexibility index (Phi) is 8.59. The smallest absolute Gasteiger partial charge is 0.410 e. The van der Waals surface area contributed by atoms with Crippen LogP contribution in [0.2, 0.25) is 0 Å². The summed E-state index contributed by atoms with van der Waals surface area (Å²) in [7, 11) is 0. The van der Waals surface area contributed by atoms with Crippen LogP contribution in [0.25, 0.3) is 0 Å². The summed E-state index contributed by atoms with van der Waals surface area (Å²) in [5.74, 6) is 0. The Morgan fingerprint density at radius 2 is 1.94 bits per heavy atom. The molecule has 2 aromatic rings. The van der Waals surface area contributed by atoms with Gasteiger partial charge in [0.05, 0.1) is 17.6 Å². The molecule has 0 aliphatic carbocycles. The second-order valence-electron chi connectivity index (χ2n) is 8.85. The fourth-order valence-corrected chi connectivity index (χ4v) is 4.19. The highest BCUT2D eigenvalue weighted by molar-refractivity contribution is 8.13. The summed E-state index contributed by atoms with van der Waals surface area (Å²) in [5, 5.41) is 10.9. The summed E-state index contributed by atoms with van der Waals surface area (Å²) in [6.45, 7) is 5.89. The van der Waals surface area contributed by atoms with E-state index in [1.807, 2.05) is 30.3 Å². The van der Waals surface area contributed by atoms with Crippen molar-refractivity contribution in [3.05, 3.63) is 64.3 Å². The third kappa shape index (κ3) is 7.51. The fourth-order valence-electron chi connectivity index (χ4n) is 3.36. The number of ether oxygens (including phenoxy) is 1. The van der Waals surface area contributed by atoms with Gasteiger partial charge in [-0.25, -0.2) is 9.78 Å². The highest BCUT2D eigenvalue weighted by Gasteiger charge is 2.38. The van der Waals surface area contributed by atoms with Crippen LogP contribution < -0.4 is 5.48 Å². The number of piperidine rings is 1. The molecule has 1 aliphatic heterocycles. The maximum atomic E-state index is 13.1. The largest absolute Gasteiger partial charge is 0.444 e. The molecule has 3 rings (SSSR count). The summed E-state index contributed by atoms with van der Waals surface area (Å²) < 4.78 is 5.54. The minimum atomic E-state index is -0.720. The first kappa shape index (κ1) is 25.6. The molecule has 1 aromatic carbocycles. The number of hydrogen-bond donors (Lipinski definition) is 1. The van der Waals surface area contributed by atoms with Crippen LogP contribution in [0.4, 0.5) is 10.5 Å². The molecule has 182 valence electrons. The van der Waals surface area contributed by atoms with Crippen molar-refractivity contribution < 1.29 is 24.1 Å². The summed E-state index contributed by atoms with van der Waals surface area (Å²) in [5.41, 5.74) is 3.13. The average molecular weight is 489 g/mol. The first-order valence-corrected chi connectivity index (χ1v) is 11.7. The molecule has 1 N–H and O–H groups in total. The lowest BCUT2D eigenvalue weighted by Gasteiger charge is -2.39. The van der Waals surface area contributed by atoms with Gasteiger partial charge in [0.25, 0.3) is 5.69 Å². The van der Waals surface area contributed by atoms with E-state index in [4.69, 9.17) is 9.57 Å². The molecule has 2 heterocycles. The Hall–Kier alpha value is -3.02. The van der Waals surface area contributed by atoms with E-state index in [1.165, 1.54) is 17.0 Å². The maximum Gasteiger partial charge on any atom is 0.410 e. The number of carbonyl (C=O) groups excluding carboxylic acids is 2. The SMILES string of the molecule is CC(C)(C)OC(=O)N1C[C@H](NOCc2ccccc2)CC[C@H]1C(=O)Sc1ccc([N+](=O)[O-])cn1. The number of carbonyl (C=O) groups is 2. The molecular weight excluding hydrogens is 460 g/mol. The van der Waals surface area contributed by atoms with Gasteiger partial charge in [0, 0.05) is 12.6 Å². The van der Waals surface area contributed by atoms with Crippen molar-refractivity contribution >= 4 is 28.7 Å². The number of pyridine rings is 1. The number of nitrogens with zero attached hydrogens (tertiary/aromatic N) is 3. The molecule has 1 amide bonds. The zero-order valence-corrected chi connectivity index (χ0v) is 20.1. The van der Waals surface area contributed by atoms with Crippen LogP contribution in [0.1, 0.15) is 39.2 Å². The van der Waals surface area contributed by atoms with E-state index in [9.17, 15) is 19.7 Å². The maximum absolute atomic E-state index is 13.1. The zero-order valence-electron chi connectivity index (χ0n) is 19.3. The Labute approximate surface area is 202 Å². The van der Waals surface area contributed by atoms with E-state index < -0.39 is 22.7 Å². The van der Waals surface area contributed by atoms with Gasteiger partial charge in [-0.15, -0.1) is 0 Å². The molecule has 0 saturated carbocycles. The topological polar surface area (TPSA) is 124 Å². The second kappa shape index (κ2) is 11.4. The molecule has 10 nitrogen and oxygen atoms in total.